The molecule has 0 saturated carbocycles. The van der Waals surface area contributed by atoms with Crippen LogP contribution in [0.1, 0.15) is 44.4 Å². The Morgan fingerprint density at radius 3 is 2.54 bits per heavy atom. The molecule has 0 spiro atoms. The summed E-state index contributed by atoms with van der Waals surface area (Å²) in [5.74, 6) is -0.358. The first-order chi connectivity index (χ1) is 16.7. The van der Waals surface area contributed by atoms with E-state index in [9.17, 15) is 14.7 Å². The van der Waals surface area contributed by atoms with Gasteiger partial charge in [-0.05, 0) is 38.0 Å². The number of aliphatic hydroxyl groups is 1. The molecule has 1 N–H and O–H groups in total. The number of aliphatic hydroxyl groups excluding tert-OH is 1. The molecule has 0 amide bonds. The summed E-state index contributed by atoms with van der Waals surface area (Å²) in [6, 6.07) is 16.4. The second kappa shape index (κ2) is 8.78. The maximum atomic E-state index is 12.9. The molecule has 2 saturated heterocycles. The van der Waals surface area contributed by atoms with Crippen LogP contribution in [0, 0.1) is 0 Å². The van der Waals surface area contributed by atoms with Crippen molar-refractivity contribution in [3.63, 3.8) is 0 Å². The fourth-order valence-corrected chi connectivity index (χ4v) is 4.94. The minimum absolute atomic E-state index is 0.179. The molecule has 184 valence electrons. The third-order valence-corrected chi connectivity index (χ3v) is 6.50. The predicted octanol–water partition coefficient (Wildman–Crippen LogP) is 4.00. The maximum Gasteiger partial charge on any atom is 0.419 e. The molecule has 3 aromatic rings. The molecule has 8 heteroatoms. The lowest BCUT2D eigenvalue weighted by atomic mass is 9.89. The van der Waals surface area contributed by atoms with Gasteiger partial charge in [0.2, 0.25) is 0 Å². The zero-order valence-corrected chi connectivity index (χ0v) is 20.1. The normalized spacial score (nSPS) is 24.9. The number of benzene rings is 2. The number of ether oxygens (including phenoxy) is 2. The summed E-state index contributed by atoms with van der Waals surface area (Å²) in [5.41, 5.74) is 0.829. The van der Waals surface area contributed by atoms with Crippen molar-refractivity contribution in [2.24, 2.45) is 0 Å². The quantitative estimate of drug-likeness (QED) is 0.567. The van der Waals surface area contributed by atoms with Gasteiger partial charge in [0.1, 0.15) is 23.9 Å². The lowest BCUT2D eigenvalue weighted by Gasteiger charge is -2.35. The van der Waals surface area contributed by atoms with E-state index in [0.29, 0.717) is 11.9 Å². The van der Waals surface area contributed by atoms with Gasteiger partial charge in [0.15, 0.2) is 0 Å². The van der Waals surface area contributed by atoms with E-state index in [1.54, 1.807) is 11.3 Å². The minimum Gasteiger partial charge on any atom is -0.462 e. The van der Waals surface area contributed by atoms with Crippen molar-refractivity contribution in [3.8, 4) is 0 Å². The largest absolute Gasteiger partial charge is 0.462 e. The highest BCUT2D eigenvalue weighted by Crippen LogP contribution is 2.42. The highest BCUT2D eigenvalue weighted by atomic mass is 16.7. The van der Waals surface area contributed by atoms with Gasteiger partial charge in [0.25, 0.3) is 0 Å². The fourth-order valence-electron chi connectivity index (χ4n) is 4.94. The van der Waals surface area contributed by atoms with Crippen molar-refractivity contribution in [3.05, 3.63) is 71.9 Å². The molecule has 3 atom stereocenters. The van der Waals surface area contributed by atoms with Crippen LogP contribution in [0.5, 0.6) is 0 Å². The van der Waals surface area contributed by atoms with Crippen molar-refractivity contribution in [2.75, 3.05) is 13.2 Å². The first-order valence-electron chi connectivity index (χ1n) is 11.8. The van der Waals surface area contributed by atoms with Crippen molar-refractivity contribution in [1.82, 2.24) is 9.63 Å². The van der Waals surface area contributed by atoms with Crippen LogP contribution in [0.25, 0.3) is 10.9 Å². The first-order valence-corrected chi connectivity index (χ1v) is 11.8. The second-order valence-corrected chi connectivity index (χ2v) is 10.3. The topological polar surface area (TPSA) is 90.2 Å². The number of hydrogen-bond acceptors (Lipinski definition) is 7. The Bertz CT molecular complexity index is 1250. The summed E-state index contributed by atoms with van der Waals surface area (Å²) in [6.45, 7) is 5.36. The van der Waals surface area contributed by atoms with Crippen LogP contribution in [-0.4, -0.2) is 57.3 Å². The Morgan fingerprint density at radius 2 is 1.83 bits per heavy atom. The van der Waals surface area contributed by atoms with E-state index in [-0.39, 0.29) is 31.6 Å². The molecule has 0 aliphatic carbocycles. The van der Waals surface area contributed by atoms with Crippen LogP contribution >= 0.6 is 0 Å². The number of cyclic esters (lactones) is 1. The number of aromatic nitrogens is 1. The van der Waals surface area contributed by atoms with Crippen LogP contribution in [0.15, 0.2) is 60.8 Å². The Kier molecular flexibility index (Phi) is 5.91. The van der Waals surface area contributed by atoms with Gasteiger partial charge in [-0.15, -0.1) is 0 Å². The molecule has 2 fully saturated rings. The standard InChI is InChI=1S/C27H30N2O6/c1-26(2,3)34-25(32)28-15-19(20-11-7-8-12-21(20)28)13-27(17-30)14-22-24(31)33-16-23(29(22)35-27)18-9-5-4-6-10-18/h4-12,15,22-23,30H,13-14,16-17H2,1-3H3/t22-,23+,27-/m0/s1. The molecule has 2 aliphatic rings. The number of carbonyl (C=O) groups is 2. The van der Waals surface area contributed by atoms with E-state index < -0.39 is 23.3 Å². The van der Waals surface area contributed by atoms with E-state index >= 15 is 0 Å². The van der Waals surface area contributed by atoms with Gasteiger partial charge in [0.05, 0.1) is 18.2 Å². The summed E-state index contributed by atoms with van der Waals surface area (Å²) in [5, 5.41) is 13.1. The Labute approximate surface area is 203 Å². The number of nitrogens with zero attached hydrogens (tertiary/aromatic N) is 2. The van der Waals surface area contributed by atoms with Gasteiger partial charge >= 0.3 is 12.1 Å². The van der Waals surface area contributed by atoms with Gasteiger partial charge < -0.3 is 14.6 Å². The van der Waals surface area contributed by atoms with Gasteiger partial charge in [-0.2, -0.15) is 5.06 Å². The Morgan fingerprint density at radius 1 is 1.11 bits per heavy atom. The highest BCUT2D eigenvalue weighted by molar-refractivity contribution is 5.92. The van der Waals surface area contributed by atoms with E-state index in [2.05, 4.69) is 0 Å². The van der Waals surface area contributed by atoms with Crippen molar-refractivity contribution < 1.29 is 29.0 Å². The molecule has 1 aromatic heterocycles. The van der Waals surface area contributed by atoms with E-state index in [0.717, 1.165) is 16.5 Å². The third kappa shape index (κ3) is 4.45. The SMILES string of the molecule is CC(C)(C)OC(=O)n1cc(C[C@@]2(CO)C[C@H]3C(=O)OC[C@H](c4ccccc4)N3O2)c2ccccc21. The molecular formula is C27H30N2O6. The van der Waals surface area contributed by atoms with Crippen LogP contribution in [0.2, 0.25) is 0 Å². The summed E-state index contributed by atoms with van der Waals surface area (Å²) in [6.07, 6.45) is 1.85. The minimum atomic E-state index is -1.04. The monoisotopic (exact) mass is 478 g/mol. The molecule has 2 aliphatic heterocycles. The van der Waals surface area contributed by atoms with Gasteiger partial charge in [-0.25, -0.2) is 4.79 Å². The third-order valence-electron chi connectivity index (χ3n) is 6.50. The lowest BCUT2D eigenvalue weighted by Crippen LogP contribution is -2.46. The summed E-state index contributed by atoms with van der Waals surface area (Å²) < 4.78 is 12.6. The Balaban J connectivity index is 1.48. The van der Waals surface area contributed by atoms with Gasteiger partial charge in [-0.3, -0.25) is 14.2 Å². The number of rotatable bonds is 4. The molecule has 0 unspecified atom stereocenters. The van der Waals surface area contributed by atoms with Crippen LogP contribution in [-0.2, 0) is 25.5 Å². The van der Waals surface area contributed by atoms with Gasteiger partial charge in [0, 0.05) is 24.4 Å². The first kappa shape index (κ1) is 23.5. The summed E-state index contributed by atoms with van der Waals surface area (Å²) in [7, 11) is 0. The number of carbonyl (C=O) groups excluding carboxylic acids is 2. The number of morpholine rings is 1. The van der Waals surface area contributed by atoms with Crippen molar-refractivity contribution in [1.29, 1.82) is 0 Å². The predicted molar refractivity (Wildman–Crippen MR) is 129 cm³/mol. The van der Waals surface area contributed by atoms with Crippen LogP contribution in [0.4, 0.5) is 4.79 Å². The van der Waals surface area contributed by atoms with Crippen molar-refractivity contribution >= 4 is 23.0 Å². The smallest absolute Gasteiger partial charge is 0.419 e. The molecule has 0 bridgehead atoms. The maximum absolute atomic E-state index is 12.9. The zero-order chi connectivity index (χ0) is 24.8. The number of esters is 1. The lowest BCUT2D eigenvalue weighted by molar-refractivity contribution is -0.257. The van der Waals surface area contributed by atoms with E-state index in [4.69, 9.17) is 14.3 Å². The average molecular weight is 479 g/mol. The number of hydrogen-bond donors (Lipinski definition) is 1. The van der Waals surface area contributed by atoms with Gasteiger partial charge in [-0.1, -0.05) is 48.5 Å². The van der Waals surface area contributed by atoms with Crippen LogP contribution in [0.3, 0.4) is 0 Å². The van der Waals surface area contributed by atoms with Crippen molar-refractivity contribution in [2.45, 2.75) is 56.9 Å². The zero-order valence-electron chi connectivity index (χ0n) is 20.1. The molecular weight excluding hydrogens is 448 g/mol. The molecule has 8 nitrogen and oxygen atoms in total. The average Bonchev–Trinajstić information content (AvgIpc) is 3.39. The Hall–Kier alpha value is -3.20. The molecule has 5 rings (SSSR count). The number of fused-ring (bicyclic) bond motifs is 2. The summed E-state index contributed by atoms with van der Waals surface area (Å²) >= 11 is 0. The second-order valence-electron chi connectivity index (χ2n) is 10.3. The van der Waals surface area contributed by atoms with Crippen LogP contribution < -0.4 is 0 Å². The molecule has 35 heavy (non-hydrogen) atoms. The number of para-hydroxylation sites is 1. The highest BCUT2D eigenvalue weighted by Gasteiger charge is 2.54. The molecule has 3 heterocycles. The fraction of sp³-hybridized carbons (Fsp3) is 0.407. The van der Waals surface area contributed by atoms with E-state index in [1.807, 2.05) is 75.4 Å². The summed E-state index contributed by atoms with van der Waals surface area (Å²) in [4.78, 5) is 32.0. The molecule has 2 aromatic carbocycles. The number of hydroxylamine groups is 2. The van der Waals surface area contributed by atoms with E-state index in [1.165, 1.54) is 4.57 Å². The molecule has 0 radical (unpaired) electrons.